The number of hydrogen-bond acceptors (Lipinski definition) is 2. The molecule has 2 atom stereocenters. The fourth-order valence-electron chi connectivity index (χ4n) is 3.72. The van der Waals surface area contributed by atoms with Crippen molar-refractivity contribution < 1.29 is 0 Å². The van der Waals surface area contributed by atoms with Crippen LogP contribution in [0.15, 0.2) is 6.20 Å². The normalized spacial score (nSPS) is 33.9. The highest BCUT2D eigenvalue weighted by Gasteiger charge is 2.36. The van der Waals surface area contributed by atoms with E-state index in [4.69, 9.17) is 12.2 Å². The predicted molar refractivity (Wildman–Crippen MR) is 71.8 cm³/mol. The van der Waals surface area contributed by atoms with E-state index in [0.29, 0.717) is 6.04 Å². The summed E-state index contributed by atoms with van der Waals surface area (Å²) >= 11 is 5.41. The van der Waals surface area contributed by atoms with Gasteiger partial charge < -0.3 is 14.5 Å². The SMILES string of the molecule is Cc1c[nH]c(=S)n1C1CC2CCCC(C1)N2C. The van der Waals surface area contributed by atoms with Crippen LogP contribution in [0.25, 0.3) is 0 Å². The molecule has 1 aromatic rings. The van der Waals surface area contributed by atoms with Gasteiger partial charge in [0.05, 0.1) is 0 Å². The van der Waals surface area contributed by atoms with E-state index >= 15 is 0 Å². The van der Waals surface area contributed by atoms with Crippen LogP contribution in [0.4, 0.5) is 0 Å². The van der Waals surface area contributed by atoms with Crippen LogP contribution in [0.2, 0.25) is 0 Å². The summed E-state index contributed by atoms with van der Waals surface area (Å²) in [7, 11) is 2.30. The first-order valence-corrected chi connectivity index (χ1v) is 7.06. The molecule has 1 N–H and O–H groups in total. The Morgan fingerprint density at radius 3 is 2.41 bits per heavy atom. The highest BCUT2D eigenvalue weighted by atomic mass is 32.1. The molecule has 2 fully saturated rings. The summed E-state index contributed by atoms with van der Waals surface area (Å²) in [6.07, 6.45) is 8.70. The Morgan fingerprint density at radius 2 is 1.88 bits per heavy atom. The minimum Gasteiger partial charge on any atom is -0.337 e. The number of nitrogens with one attached hydrogen (secondary N) is 1. The van der Waals surface area contributed by atoms with Crippen LogP contribution in [-0.2, 0) is 0 Å². The van der Waals surface area contributed by atoms with Gasteiger partial charge in [-0.05, 0) is 51.9 Å². The number of aromatic nitrogens is 2. The van der Waals surface area contributed by atoms with Crippen LogP contribution in [0.3, 0.4) is 0 Å². The van der Waals surface area contributed by atoms with Gasteiger partial charge in [-0.15, -0.1) is 0 Å². The van der Waals surface area contributed by atoms with E-state index < -0.39 is 0 Å². The zero-order valence-corrected chi connectivity index (χ0v) is 11.5. The van der Waals surface area contributed by atoms with Gasteiger partial charge >= 0.3 is 0 Å². The number of hydrogen-bond donors (Lipinski definition) is 1. The second kappa shape index (κ2) is 4.25. The van der Waals surface area contributed by atoms with Gasteiger partial charge in [-0.1, -0.05) is 6.42 Å². The molecule has 0 saturated carbocycles. The number of aryl methyl sites for hydroxylation is 1. The monoisotopic (exact) mass is 251 g/mol. The lowest BCUT2D eigenvalue weighted by Gasteiger charge is -2.47. The quantitative estimate of drug-likeness (QED) is 0.776. The fourth-order valence-corrected chi connectivity index (χ4v) is 4.07. The maximum atomic E-state index is 5.41. The van der Waals surface area contributed by atoms with Crippen molar-refractivity contribution in [1.82, 2.24) is 14.5 Å². The van der Waals surface area contributed by atoms with Gasteiger partial charge in [0, 0.05) is 30.0 Å². The molecule has 2 saturated heterocycles. The number of nitrogens with zero attached hydrogens (tertiary/aromatic N) is 2. The molecular formula is C13H21N3S. The van der Waals surface area contributed by atoms with Gasteiger partial charge in [0.15, 0.2) is 4.77 Å². The maximum absolute atomic E-state index is 5.41. The molecule has 17 heavy (non-hydrogen) atoms. The number of H-pyrrole nitrogens is 1. The molecule has 3 rings (SSSR count). The molecule has 0 amide bonds. The van der Waals surface area contributed by atoms with Crippen molar-refractivity contribution in [3.63, 3.8) is 0 Å². The average Bonchev–Trinajstić information content (AvgIpc) is 2.59. The summed E-state index contributed by atoms with van der Waals surface area (Å²) in [5.41, 5.74) is 1.28. The second-order valence-electron chi connectivity index (χ2n) is 5.63. The van der Waals surface area contributed by atoms with Crippen molar-refractivity contribution in [2.24, 2.45) is 0 Å². The molecule has 4 heteroatoms. The highest BCUT2D eigenvalue weighted by Crippen LogP contribution is 2.38. The molecule has 0 radical (unpaired) electrons. The number of fused-ring (bicyclic) bond motifs is 2. The number of rotatable bonds is 1. The van der Waals surface area contributed by atoms with Crippen LogP contribution in [0, 0.1) is 11.7 Å². The van der Waals surface area contributed by atoms with E-state index in [9.17, 15) is 0 Å². The largest absolute Gasteiger partial charge is 0.337 e. The lowest BCUT2D eigenvalue weighted by Crippen LogP contribution is -2.50. The first kappa shape index (κ1) is 11.5. The molecule has 2 bridgehead atoms. The van der Waals surface area contributed by atoms with Gasteiger partial charge in [0.2, 0.25) is 0 Å². The minimum absolute atomic E-state index is 0.611. The molecule has 2 aliphatic rings. The van der Waals surface area contributed by atoms with E-state index in [0.717, 1.165) is 16.9 Å². The Kier molecular flexibility index (Phi) is 2.87. The lowest BCUT2D eigenvalue weighted by atomic mass is 9.82. The molecule has 94 valence electrons. The van der Waals surface area contributed by atoms with Gasteiger partial charge in [0.25, 0.3) is 0 Å². The summed E-state index contributed by atoms with van der Waals surface area (Å²) in [5, 5.41) is 0. The van der Waals surface area contributed by atoms with Gasteiger partial charge in [-0.3, -0.25) is 0 Å². The Bertz CT molecular complexity index is 447. The van der Waals surface area contributed by atoms with Crippen molar-refractivity contribution in [3.8, 4) is 0 Å². The Balaban J connectivity index is 1.89. The zero-order chi connectivity index (χ0) is 12.0. The molecule has 0 aliphatic carbocycles. The molecule has 3 nitrogen and oxygen atoms in total. The molecule has 2 aliphatic heterocycles. The predicted octanol–water partition coefficient (Wildman–Crippen LogP) is 3.04. The second-order valence-corrected chi connectivity index (χ2v) is 6.02. The van der Waals surface area contributed by atoms with Gasteiger partial charge in [-0.2, -0.15) is 0 Å². The average molecular weight is 251 g/mol. The van der Waals surface area contributed by atoms with Crippen molar-refractivity contribution in [3.05, 3.63) is 16.7 Å². The Hall–Kier alpha value is -0.610. The lowest BCUT2D eigenvalue weighted by molar-refractivity contribution is 0.0392. The summed E-state index contributed by atoms with van der Waals surface area (Å²) in [4.78, 5) is 5.78. The number of aromatic amines is 1. The van der Waals surface area contributed by atoms with E-state index in [1.54, 1.807) is 0 Å². The Labute approximate surface area is 108 Å². The topological polar surface area (TPSA) is 24.0 Å². The van der Waals surface area contributed by atoms with Crippen LogP contribution in [0.5, 0.6) is 0 Å². The molecule has 3 heterocycles. The van der Waals surface area contributed by atoms with Crippen LogP contribution >= 0.6 is 12.2 Å². The zero-order valence-electron chi connectivity index (χ0n) is 10.6. The highest BCUT2D eigenvalue weighted by molar-refractivity contribution is 7.71. The maximum Gasteiger partial charge on any atom is 0.177 e. The molecular weight excluding hydrogens is 230 g/mol. The summed E-state index contributed by atoms with van der Waals surface area (Å²) < 4.78 is 3.24. The molecule has 0 aromatic carbocycles. The summed E-state index contributed by atoms with van der Waals surface area (Å²) in [6, 6.07) is 2.15. The van der Waals surface area contributed by atoms with E-state index in [2.05, 4.69) is 28.4 Å². The first-order valence-electron chi connectivity index (χ1n) is 6.65. The first-order chi connectivity index (χ1) is 8.16. The van der Waals surface area contributed by atoms with Crippen molar-refractivity contribution in [2.45, 2.75) is 57.2 Å². The van der Waals surface area contributed by atoms with Crippen molar-refractivity contribution >= 4 is 12.2 Å². The Morgan fingerprint density at radius 1 is 1.24 bits per heavy atom. The third kappa shape index (κ3) is 1.87. The van der Waals surface area contributed by atoms with Gasteiger partial charge in [0.1, 0.15) is 0 Å². The van der Waals surface area contributed by atoms with Crippen LogP contribution in [-0.4, -0.2) is 33.6 Å². The van der Waals surface area contributed by atoms with Crippen LogP contribution in [0.1, 0.15) is 43.8 Å². The number of piperidine rings is 2. The summed E-state index contributed by atoms with van der Waals surface area (Å²) in [5.74, 6) is 0. The van der Waals surface area contributed by atoms with E-state index in [-0.39, 0.29) is 0 Å². The van der Waals surface area contributed by atoms with Gasteiger partial charge in [-0.25, -0.2) is 0 Å². The third-order valence-electron chi connectivity index (χ3n) is 4.68. The van der Waals surface area contributed by atoms with Crippen molar-refractivity contribution in [2.75, 3.05) is 7.05 Å². The number of imidazole rings is 1. The minimum atomic E-state index is 0.611. The third-order valence-corrected chi connectivity index (χ3v) is 5.00. The fraction of sp³-hybridized carbons (Fsp3) is 0.769. The smallest absolute Gasteiger partial charge is 0.177 e. The van der Waals surface area contributed by atoms with Crippen LogP contribution < -0.4 is 0 Å². The van der Waals surface area contributed by atoms with E-state index in [1.807, 2.05) is 6.20 Å². The molecule has 0 spiro atoms. The molecule has 1 aromatic heterocycles. The molecule has 2 unspecified atom stereocenters. The van der Waals surface area contributed by atoms with E-state index in [1.165, 1.54) is 37.8 Å². The van der Waals surface area contributed by atoms with Crippen molar-refractivity contribution in [1.29, 1.82) is 0 Å². The summed E-state index contributed by atoms with van der Waals surface area (Å²) in [6.45, 7) is 2.15. The standard InChI is InChI=1S/C13H21N3S/c1-9-8-14-13(17)16(9)12-6-10-4-3-5-11(7-12)15(10)2/h8,10-12H,3-7H2,1-2H3,(H,14,17).